The molecule has 88 valence electrons. The van der Waals surface area contributed by atoms with E-state index in [1.807, 2.05) is 18.2 Å². The van der Waals surface area contributed by atoms with Crippen LogP contribution in [0.5, 0.6) is 0 Å². The first-order valence-electron chi connectivity index (χ1n) is 5.34. The normalized spacial score (nSPS) is 14.7. The van der Waals surface area contributed by atoms with Crippen molar-refractivity contribution in [1.29, 1.82) is 0 Å². The summed E-state index contributed by atoms with van der Waals surface area (Å²) in [6.45, 7) is 2.58. The fourth-order valence-electron chi connectivity index (χ4n) is 1.96. The molecule has 0 aliphatic carbocycles. The summed E-state index contributed by atoms with van der Waals surface area (Å²) >= 11 is 9.63. The van der Waals surface area contributed by atoms with E-state index in [-0.39, 0.29) is 0 Å². The van der Waals surface area contributed by atoms with Crippen LogP contribution >= 0.6 is 27.5 Å². The predicted molar refractivity (Wildman–Crippen MR) is 69.9 cm³/mol. The number of rotatable bonds is 1. The Morgan fingerprint density at radius 3 is 3.06 bits per heavy atom. The van der Waals surface area contributed by atoms with E-state index in [0.29, 0.717) is 5.02 Å². The van der Waals surface area contributed by atoms with Crippen molar-refractivity contribution in [2.45, 2.75) is 13.1 Å². The second-order valence-corrected chi connectivity index (χ2v) is 5.22. The van der Waals surface area contributed by atoms with Crippen LogP contribution in [0, 0.1) is 0 Å². The molecular weight excluding hydrogens is 304 g/mol. The smallest absolute Gasteiger partial charge is 0.165 e. The standard InChI is InChI=1S/C11H10BrClN4/c12-7-1-2-8(9(13)5-7)11-16-15-10-6-14-3-4-17(10)11/h1-2,5,14H,3-4,6H2. The zero-order valence-electron chi connectivity index (χ0n) is 8.95. The molecule has 2 heterocycles. The Morgan fingerprint density at radius 2 is 2.24 bits per heavy atom. The highest BCUT2D eigenvalue weighted by Gasteiger charge is 2.18. The third-order valence-electron chi connectivity index (χ3n) is 2.79. The summed E-state index contributed by atoms with van der Waals surface area (Å²) in [5.74, 6) is 1.81. The summed E-state index contributed by atoms with van der Waals surface area (Å²) in [5.41, 5.74) is 0.926. The van der Waals surface area contributed by atoms with Crippen molar-refractivity contribution in [3.63, 3.8) is 0 Å². The lowest BCUT2D eigenvalue weighted by atomic mass is 10.2. The molecule has 1 aromatic carbocycles. The van der Waals surface area contributed by atoms with Gasteiger partial charge in [-0.2, -0.15) is 0 Å². The van der Waals surface area contributed by atoms with Crippen molar-refractivity contribution >= 4 is 27.5 Å². The molecule has 4 nitrogen and oxygen atoms in total. The zero-order valence-corrected chi connectivity index (χ0v) is 11.3. The van der Waals surface area contributed by atoms with E-state index < -0.39 is 0 Å². The van der Waals surface area contributed by atoms with E-state index in [4.69, 9.17) is 11.6 Å². The van der Waals surface area contributed by atoms with Gasteiger partial charge in [0.25, 0.3) is 0 Å². The third-order valence-corrected chi connectivity index (χ3v) is 3.60. The van der Waals surface area contributed by atoms with Gasteiger partial charge in [-0.25, -0.2) is 0 Å². The van der Waals surface area contributed by atoms with Crippen LogP contribution in [0.1, 0.15) is 5.82 Å². The van der Waals surface area contributed by atoms with E-state index in [1.165, 1.54) is 0 Å². The first kappa shape index (κ1) is 11.2. The summed E-state index contributed by atoms with van der Waals surface area (Å²) < 4.78 is 3.08. The van der Waals surface area contributed by atoms with E-state index in [1.54, 1.807) is 0 Å². The number of aromatic nitrogens is 3. The number of fused-ring (bicyclic) bond motifs is 1. The molecule has 0 saturated heterocycles. The molecule has 1 aliphatic heterocycles. The van der Waals surface area contributed by atoms with Gasteiger partial charge in [-0.15, -0.1) is 10.2 Å². The molecular formula is C11H10BrClN4. The molecule has 1 aliphatic rings. The molecule has 0 amide bonds. The minimum Gasteiger partial charge on any atom is -0.309 e. The molecule has 1 N–H and O–H groups in total. The van der Waals surface area contributed by atoms with Gasteiger partial charge in [-0.1, -0.05) is 27.5 Å². The molecule has 0 atom stereocenters. The van der Waals surface area contributed by atoms with Gasteiger partial charge in [0.2, 0.25) is 0 Å². The molecule has 6 heteroatoms. The number of hydrogen-bond acceptors (Lipinski definition) is 3. The maximum atomic E-state index is 6.24. The largest absolute Gasteiger partial charge is 0.309 e. The van der Waals surface area contributed by atoms with Crippen molar-refractivity contribution < 1.29 is 0 Å². The Bertz CT molecular complexity index is 567. The average molecular weight is 314 g/mol. The predicted octanol–water partition coefficient (Wildman–Crippen LogP) is 2.46. The fraction of sp³-hybridized carbons (Fsp3) is 0.273. The number of nitrogens with zero attached hydrogens (tertiary/aromatic N) is 3. The number of hydrogen-bond donors (Lipinski definition) is 1. The van der Waals surface area contributed by atoms with E-state index in [9.17, 15) is 0 Å². The van der Waals surface area contributed by atoms with Crippen molar-refractivity contribution in [2.75, 3.05) is 6.54 Å². The van der Waals surface area contributed by atoms with Crippen LogP contribution in [-0.2, 0) is 13.1 Å². The van der Waals surface area contributed by atoms with Crippen LogP contribution in [0.2, 0.25) is 5.02 Å². The Kier molecular flexibility index (Phi) is 2.90. The molecule has 0 bridgehead atoms. The van der Waals surface area contributed by atoms with E-state index in [2.05, 4.69) is 36.0 Å². The summed E-state index contributed by atoms with van der Waals surface area (Å²) in [6, 6.07) is 5.80. The van der Waals surface area contributed by atoms with E-state index in [0.717, 1.165) is 41.3 Å². The molecule has 17 heavy (non-hydrogen) atoms. The summed E-state index contributed by atoms with van der Waals surface area (Å²) in [6.07, 6.45) is 0. The molecule has 0 fully saturated rings. The van der Waals surface area contributed by atoms with E-state index >= 15 is 0 Å². The highest BCUT2D eigenvalue weighted by atomic mass is 79.9. The average Bonchev–Trinajstić information content (AvgIpc) is 2.73. The second kappa shape index (κ2) is 4.40. The second-order valence-electron chi connectivity index (χ2n) is 3.89. The van der Waals surface area contributed by atoms with Gasteiger partial charge in [0.15, 0.2) is 5.82 Å². The summed E-state index contributed by atoms with van der Waals surface area (Å²) in [4.78, 5) is 0. The highest BCUT2D eigenvalue weighted by Crippen LogP contribution is 2.30. The van der Waals surface area contributed by atoms with Crippen LogP contribution in [0.15, 0.2) is 22.7 Å². The van der Waals surface area contributed by atoms with Crippen LogP contribution in [-0.4, -0.2) is 21.3 Å². The molecule has 0 radical (unpaired) electrons. The first-order chi connectivity index (χ1) is 8.25. The van der Waals surface area contributed by atoms with Gasteiger partial charge < -0.3 is 9.88 Å². The van der Waals surface area contributed by atoms with Gasteiger partial charge in [0.05, 0.1) is 11.6 Å². The topological polar surface area (TPSA) is 42.7 Å². The van der Waals surface area contributed by atoms with Crippen LogP contribution in [0.4, 0.5) is 0 Å². The van der Waals surface area contributed by atoms with Gasteiger partial charge in [-0.05, 0) is 18.2 Å². The van der Waals surface area contributed by atoms with Crippen LogP contribution in [0.3, 0.4) is 0 Å². The van der Waals surface area contributed by atoms with Gasteiger partial charge in [0, 0.05) is 23.1 Å². The summed E-state index contributed by atoms with van der Waals surface area (Å²) in [5, 5.41) is 12.4. The minimum atomic E-state index is 0.688. The van der Waals surface area contributed by atoms with Crippen molar-refractivity contribution in [2.24, 2.45) is 0 Å². The quantitative estimate of drug-likeness (QED) is 0.879. The molecule has 0 spiro atoms. The van der Waals surface area contributed by atoms with Crippen molar-refractivity contribution in [3.05, 3.63) is 33.5 Å². The van der Waals surface area contributed by atoms with Crippen LogP contribution < -0.4 is 5.32 Å². The SMILES string of the molecule is Clc1cc(Br)ccc1-c1nnc2n1CCNC2. The Hall–Kier alpha value is -0.910. The lowest BCUT2D eigenvalue weighted by Crippen LogP contribution is -2.28. The number of benzene rings is 1. The Balaban J connectivity index is 2.12. The van der Waals surface area contributed by atoms with Gasteiger partial charge in [0.1, 0.15) is 5.82 Å². The maximum absolute atomic E-state index is 6.24. The van der Waals surface area contributed by atoms with Crippen molar-refractivity contribution in [1.82, 2.24) is 20.1 Å². The number of nitrogens with one attached hydrogen (secondary N) is 1. The van der Waals surface area contributed by atoms with Crippen molar-refractivity contribution in [3.8, 4) is 11.4 Å². The minimum absolute atomic E-state index is 0.688. The molecule has 1 aromatic heterocycles. The highest BCUT2D eigenvalue weighted by molar-refractivity contribution is 9.10. The lowest BCUT2D eigenvalue weighted by molar-refractivity contribution is 0.508. The Morgan fingerprint density at radius 1 is 1.35 bits per heavy atom. The zero-order chi connectivity index (χ0) is 11.8. The molecule has 3 rings (SSSR count). The van der Waals surface area contributed by atoms with Gasteiger partial charge >= 0.3 is 0 Å². The fourth-order valence-corrected chi connectivity index (χ4v) is 2.72. The lowest BCUT2D eigenvalue weighted by Gasteiger charge is -2.16. The monoisotopic (exact) mass is 312 g/mol. The third kappa shape index (κ3) is 1.99. The van der Waals surface area contributed by atoms with Crippen LogP contribution in [0.25, 0.3) is 11.4 Å². The molecule has 0 unspecified atom stereocenters. The Labute approximate surface area is 112 Å². The summed E-state index contributed by atoms with van der Waals surface area (Å²) in [7, 11) is 0. The molecule has 2 aromatic rings. The van der Waals surface area contributed by atoms with Gasteiger partial charge in [-0.3, -0.25) is 0 Å². The molecule has 0 saturated carbocycles. The maximum Gasteiger partial charge on any atom is 0.165 e. The first-order valence-corrected chi connectivity index (χ1v) is 6.51. The number of halogens is 2.